The Morgan fingerprint density at radius 2 is 1.95 bits per heavy atom. The third kappa shape index (κ3) is 2.13. The van der Waals surface area contributed by atoms with Crippen LogP contribution in [0.3, 0.4) is 0 Å². The Balaban J connectivity index is 2.23. The topological polar surface area (TPSA) is 37.8 Å². The maximum Gasteiger partial charge on any atom is 0.307 e. The molecule has 1 amide bonds. The van der Waals surface area contributed by atoms with Crippen LogP contribution in [0, 0.1) is 6.57 Å². The second-order valence-electron chi connectivity index (χ2n) is 4.71. The molecule has 1 aromatic heterocycles. The summed E-state index contributed by atoms with van der Waals surface area (Å²) in [5.41, 5.74) is 2.22. The van der Waals surface area contributed by atoms with Gasteiger partial charge < -0.3 is 14.2 Å². The van der Waals surface area contributed by atoms with Crippen molar-refractivity contribution < 1.29 is 9.21 Å². The summed E-state index contributed by atoms with van der Waals surface area (Å²) in [6.07, 6.45) is 0. The van der Waals surface area contributed by atoms with Crippen molar-refractivity contribution >= 4 is 33.5 Å². The number of carbonyl (C=O) groups is 1. The second-order valence-corrected chi connectivity index (χ2v) is 4.71. The van der Waals surface area contributed by atoms with E-state index in [4.69, 9.17) is 11.0 Å². The molecule has 3 rings (SSSR count). The number of furan rings is 1. The van der Waals surface area contributed by atoms with Crippen molar-refractivity contribution in [1.29, 1.82) is 0 Å². The van der Waals surface area contributed by atoms with Crippen LogP contribution in [-0.2, 0) is 4.79 Å². The van der Waals surface area contributed by atoms with Crippen LogP contribution in [0.1, 0.15) is 6.92 Å². The number of carbonyl (C=O) groups excluding carboxylic acids is 1. The van der Waals surface area contributed by atoms with Crippen LogP contribution in [0.2, 0.25) is 0 Å². The zero-order valence-electron chi connectivity index (χ0n) is 11.7. The van der Waals surface area contributed by atoms with Gasteiger partial charge in [0.2, 0.25) is 0 Å². The van der Waals surface area contributed by atoms with Crippen LogP contribution in [-0.4, -0.2) is 19.0 Å². The van der Waals surface area contributed by atoms with Gasteiger partial charge in [-0.3, -0.25) is 4.79 Å². The van der Waals surface area contributed by atoms with Gasteiger partial charge in [-0.1, -0.05) is 30.3 Å². The Morgan fingerprint density at radius 3 is 2.71 bits per heavy atom. The van der Waals surface area contributed by atoms with E-state index in [1.807, 2.05) is 49.4 Å². The fourth-order valence-electron chi connectivity index (χ4n) is 2.58. The van der Waals surface area contributed by atoms with Crippen LogP contribution in [0.5, 0.6) is 0 Å². The fourth-order valence-corrected chi connectivity index (χ4v) is 2.58. The van der Waals surface area contributed by atoms with Crippen molar-refractivity contribution in [2.75, 3.05) is 18.0 Å². The molecule has 0 unspecified atom stereocenters. The zero-order chi connectivity index (χ0) is 14.8. The molecule has 104 valence electrons. The summed E-state index contributed by atoms with van der Waals surface area (Å²) in [5, 5.41) is 2.01. The third-order valence-electron chi connectivity index (χ3n) is 3.51. The van der Waals surface area contributed by atoms with E-state index < -0.39 is 0 Å². The summed E-state index contributed by atoms with van der Waals surface area (Å²) in [7, 11) is 0. The summed E-state index contributed by atoms with van der Waals surface area (Å²) in [5.74, 6) is -0.208. The van der Waals surface area contributed by atoms with Gasteiger partial charge >= 0.3 is 5.91 Å². The first-order valence-corrected chi connectivity index (χ1v) is 6.80. The maximum atomic E-state index is 12.1. The largest absolute Gasteiger partial charge is 0.454 e. The van der Waals surface area contributed by atoms with Crippen LogP contribution >= 0.6 is 0 Å². The van der Waals surface area contributed by atoms with Gasteiger partial charge in [0.25, 0.3) is 6.54 Å². The molecule has 0 spiro atoms. The number of rotatable bonds is 3. The first-order valence-electron chi connectivity index (χ1n) is 6.80. The van der Waals surface area contributed by atoms with E-state index >= 15 is 0 Å². The molecule has 21 heavy (non-hydrogen) atoms. The Morgan fingerprint density at radius 1 is 1.19 bits per heavy atom. The number of benzene rings is 2. The van der Waals surface area contributed by atoms with Crippen molar-refractivity contribution in [3.8, 4) is 0 Å². The van der Waals surface area contributed by atoms with Crippen molar-refractivity contribution in [2.24, 2.45) is 0 Å². The average molecular weight is 278 g/mol. The van der Waals surface area contributed by atoms with Gasteiger partial charge in [-0.25, -0.2) is 6.57 Å². The summed E-state index contributed by atoms with van der Waals surface area (Å²) >= 11 is 0. The molecule has 0 aliphatic rings. The van der Waals surface area contributed by atoms with Gasteiger partial charge in [0.1, 0.15) is 5.58 Å². The number of fused-ring (bicyclic) bond motifs is 3. The quantitative estimate of drug-likeness (QED) is 0.682. The fraction of sp³-hybridized carbons (Fsp3) is 0.176. The SMILES string of the molecule is [C-]#[N+]CC(=O)N(CC)c1cccc2c1oc1ccccc12. The molecule has 0 aliphatic heterocycles. The molecule has 0 N–H and O–H groups in total. The molecule has 1 heterocycles. The van der Waals surface area contributed by atoms with Gasteiger partial charge in [-0.15, -0.1) is 0 Å². The Kier molecular flexibility index (Phi) is 3.33. The number of anilines is 1. The molecular formula is C17H14N2O2. The van der Waals surface area contributed by atoms with Gasteiger partial charge in [-0.2, -0.15) is 0 Å². The molecule has 0 aliphatic carbocycles. The summed E-state index contributed by atoms with van der Waals surface area (Å²) in [4.78, 5) is 16.9. The minimum Gasteiger partial charge on any atom is -0.454 e. The lowest BCUT2D eigenvalue weighted by Crippen LogP contribution is -2.32. The maximum absolute atomic E-state index is 12.1. The monoisotopic (exact) mass is 278 g/mol. The van der Waals surface area contributed by atoms with E-state index in [1.54, 1.807) is 4.90 Å². The Bertz CT molecular complexity index is 858. The van der Waals surface area contributed by atoms with Gasteiger partial charge in [0, 0.05) is 17.3 Å². The molecule has 0 saturated heterocycles. The number of nitrogens with zero attached hydrogens (tertiary/aromatic N) is 2. The predicted molar refractivity (Wildman–Crippen MR) is 83.2 cm³/mol. The number of hydrogen-bond acceptors (Lipinski definition) is 2. The number of hydrogen-bond donors (Lipinski definition) is 0. The van der Waals surface area contributed by atoms with Gasteiger partial charge in [-0.05, 0) is 19.1 Å². The summed E-state index contributed by atoms with van der Waals surface area (Å²) < 4.78 is 5.92. The molecular weight excluding hydrogens is 264 g/mol. The van der Waals surface area contributed by atoms with Crippen molar-refractivity contribution in [1.82, 2.24) is 0 Å². The van der Waals surface area contributed by atoms with E-state index in [-0.39, 0.29) is 12.5 Å². The number of likely N-dealkylation sites (N-methyl/N-ethyl adjacent to an activating group) is 1. The van der Waals surface area contributed by atoms with E-state index in [9.17, 15) is 4.79 Å². The lowest BCUT2D eigenvalue weighted by molar-refractivity contribution is -0.116. The van der Waals surface area contributed by atoms with Crippen molar-refractivity contribution in [3.63, 3.8) is 0 Å². The van der Waals surface area contributed by atoms with Gasteiger partial charge in [0.05, 0.1) is 5.69 Å². The molecule has 4 nitrogen and oxygen atoms in total. The highest BCUT2D eigenvalue weighted by Gasteiger charge is 2.20. The van der Waals surface area contributed by atoms with Crippen LogP contribution in [0.15, 0.2) is 46.9 Å². The molecule has 0 radical (unpaired) electrons. The van der Waals surface area contributed by atoms with Crippen molar-refractivity contribution in [2.45, 2.75) is 6.92 Å². The normalized spacial score (nSPS) is 10.7. The third-order valence-corrected chi connectivity index (χ3v) is 3.51. The highest BCUT2D eigenvalue weighted by molar-refractivity contribution is 6.11. The average Bonchev–Trinajstić information content (AvgIpc) is 2.88. The first-order chi connectivity index (χ1) is 10.3. The Hall–Kier alpha value is -2.80. The van der Waals surface area contributed by atoms with Crippen LogP contribution in [0.4, 0.5) is 5.69 Å². The first kappa shape index (κ1) is 13.2. The number of amides is 1. The number of para-hydroxylation sites is 2. The van der Waals surface area contributed by atoms with Gasteiger partial charge in [0.15, 0.2) is 5.58 Å². The van der Waals surface area contributed by atoms with Crippen LogP contribution in [0.25, 0.3) is 26.8 Å². The lowest BCUT2D eigenvalue weighted by Gasteiger charge is -2.18. The molecule has 3 aromatic rings. The smallest absolute Gasteiger partial charge is 0.307 e. The van der Waals surface area contributed by atoms with E-state index in [2.05, 4.69) is 4.85 Å². The molecule has 4 heteroatoms. The summed E-state index contributed by atoms with van der Waals surface area (Å²) in [6.45, 7) is 9.12. The Labute approximate surface area is 122 Å². The molecule has 2 aromatic carbocycles. The minimum atomic E-state index is -0.208. The molecule has 0 bridgehead atoms. The highest BCUT2D eigenvalue weighted by atomic mass is 16.3. The standard InChI is InChI=1S/C17H14N2O2/c1-3-19(16(20)11-18-2)14-9-6-8-13-12-7-4-5-10-15(12)21-17(13)14/h4-10H,3,11H2,1H3. The predicted octanol–water partition coefficient (Wildman–Crippen LogP) is 3.86. The molecule has 0 saturated carbocycles. The molecule has 0 atom stereocenters. The highest BCUT2D eigenvalue weighted by Crippen LogP contribution is 2.34. The molecule has 0 fully saturated rings. The van der Waals surface area contributed by atoms with E-state index in [0.29, 0.717) is 12.1 Å². The van der Waals surface area contributed by atoms with Crippen LogP contribution < -0.4 is 4.90 Å². The second kappa shape index (κ2) is 5.29. The zero-order valence-corrected chi connectivity index (χ0v) is 11.7. The lowest BCUT2D eigenvalue weighted by atomic mass is 10.1. The van der Waals surface area contributed by atoms with E-state index in [0.717, 1.165) is 22.0 Å². The van der Waals surface area contributed by atoms with Crippen molar-refractivity contribution in [3.05, 3.63) is 53.9 Å². The summed E-state index contributed by atoms with van der Waals surface area (Å²) in [6, 6.07) is 13.6. The minimum absolute atomic E-state index is 0.148. The van der Waals surface area contributed by atoms with E-state index in [1.165, 1.54) is 0 Å².